The molecule has 0 fully saturated rings. The molecule has 1 aromatic carbocycles. The smallest absolute Gasteiger partial charge is 0.332 e. The van der Waals surface area contributed by atoms with Crippen LogP contribution in [0.3, 0.4) is 0 Å². The van der Waals surface area contributed by atoms with Gasteiger partial charge in [0.1, 0.15) is 22.0 Å². The molecule has 0 saturated carbocycles. The zero-order valence-corrected chi connectivity index (χ0v) is 20.9. The number of nitrogens with one attached hydrogen (secondary N) is 1. The van der Waals surface area contributed by atoms with Crippen LogP contribution in [0.5, 0.6) is 5.75 Å². The second kappa shape index (κ2) is 9.96. The predicted octanol–water partition coefficient (Wildman–Crippen LogP) is 3.24. The Hall–Kier alpha value is -2.85. The molecule has 1 unspecified atom stereocenters. The number of anilines is 1. The number of aromatic nitrogens is 4. The summed E-state index contributed by atoms with van der Waals surface area (Å²) in [5, 5.41) is 3.20. The molecule has 0 bridgehead atoms. The van der Waals surface area contributed by atoms with Crippen LogP contribution < -0.4 is 21.3 Å². The molecule has 0 aliphatic heterocycles. The molecule has 11 heteroatoms. The van der Waals surface area contributed by atoms with Crippen LogP contribution in [0, 0.1) is 12.8 Å². The number of thioether (sulfide) groups is 1. The lowest BCUT2D eigenvalue weighted by atomic mass is 10.2. The van der Waals surface area contributed by atoms with Gasteiger partial charge in [-0.1, -0.05) is 37.2 Å². The molecule has 0 radical (unpaired) electrons. The van der Waals surface area contributed by atoms with Gasteiger partial charge in [-0.15, -0.1) is 0 Å². The highest BCUT2D eigenvalue weighted by molar-refractivity contribution is 8.00. The van der Waals surface area contributed by atoms with Gasteiger partial charge in [0.2, 0.25) is 5.91 Å². The molecule has 1 amide bonds. The Morgan fingerprint density at radius 2 is 1.94 bits per heavy atom. The number of ether oxygens (including phenoxy) is 1. The minimum Gasteiger partial charge on any atom is -0.495 e. The van der Waals surface area contributed by atoms with Crippen LogP contribution >= 0.6 is 23.4 Å². The first-order valence-electron chi connectivity index (χ1n) is 10.3. The third-order valence-electron chi connectivity index (χ3n) is 4.89. The fraction of sp³-hybridized carbons (Fsp3) is 0.409. The van der Waals surface area contributed by atoms with Crippen molar-refractivity contribution in [1.82, 2.24) is 19.1 Å². The molecule has 0 aliphatic carbocycles. The highest BCUT2D eigenvalue weighted by Gasteiger charge is 2.23. The predicted molar refractivity (Wildman–Crippen MR) is 131 cm³/mol. The molecule has 0 saturated heterocycles. The lowest BCUT2D eigenvalue weighted by Gasteiger charge is -2.17. The van der Waals surface area contributed by atoms with Crippen molar-refractivity contribution in [3.05, 3.63) is 49.9 Å². The summed E-state index contributed by atoms with van der Waals surface area (Å²) in [6, 6.07) is 4.92. The summed E-state index contributed by atoms with van der Waals surface area (Å²) in [6.07, 6.45) is 0. The van der Waals surface area contributed by atoms with Crippen LogP contribution in [-0.2, 0) is 18.4 Å². The molecule has 176 valence electrons. The Morgan fingerprint density at radius 1 is 1.24 bits per heavy atom. The van der Waals surface area contributed by atoms with Gasteiger partial charge < -0.3 is 10.1 Å². The van der Waals surface area contributed by atoms with E-state index in [0.717, 1.165) is 16.3 Å². The van der Waals surface area contributed by atoms with Crippen molar-refractivity contribution in [2.75, 3.05) is 12.4 Å². The van der Waals surface area contributed by atoms with Crippen LogP contribution in [-0.4, -0.2) is 37.4 Å². The minimum absolute atomic E-state index is 0.159. The minimum atomic E-state index is -0.624. The maximum absolute atomic E-state index is 13.0. The number of aryl methyl sites for hydroxylation is 1. The first-order valence-corrected chi connectivity index (χ1v) is 11.6. The summed E-state index contributed by atoms with van der Waals surface area (Å²) < 4.78 is 7.82. The van der Waals surface area contributed by atoms with Gasteiger partial charge in [0.25, 0.3) is 5.56 Å². The fourth-order valence-electron chi connectivity index (χ4n) is 3.29. The standard InChI is InChI=1S/C22H26ClN5O4S/c1-11(2)10-28-18-17(21(30)27(5)22(28)31)20(25-13(4)24-18)33-12(3)19(29)26-15-9-14(23)7-8-16(15)32-6/h7-9,11-12H,10H2,1-6H3,(H,26,29). The number of benzene rings is 1. The van der Waals surface area contributed by atoms with Crippen LogP contribution in [0.25, 0.3) is 11.0 Å². The van der Waals surface area contributed by atoms with Crippen molar-refractivity contribution in [3.8, 4) is 5.75 Å². The number of carbonyl (C=O) groups excluding carboxylic acids is 1. The lowest BCUT2D eigenvalue weighted by molar-refractivity contribution is -0.115. The van der Waals surface area contributed by atoms with E-state index >= 15 is 0 Å². The van der Waals surface area contributed by atoms with Crippen molar-refractivity contribution in [2.45, 2.75) is 44.5 Å². The Balaban J connectivity index is 2.03. The molecule has 33 heavy (non-hydrogen) atoms. The Bertz CT molecular complexity index is 1340. The van der Waals surface area contributed by atoms with Crippen LogP contribution in [0.4, 0.5) is 5.69 Å². The molecule has 3 rings (SSSR count). The van der Waals surface area contributed by atoms with Crippen LogP contribution in [0.1, 0.15) is 26.6 Å². The highest BCUT2D eigenvalue weighted by atomic mass is 35.5. The van der Waals surface area contributed by atoms with Gasteiger partial charge >= 0.3 is 5.69 Å². The number of fused-ring (bicyclic) bond motifs is 1. The molecule has 9 nitrogen and oxygen atoms in total. The number of methoxy groups -OCH3 is 1. The number of nitrogens with zero attached hydrogens (tertiary/aromatic N) is 4. The maximum Gasteiger partial charge on any atom is 0.332 e. The lowest BCUT2D eigenvalue weighted by Crippen LogP contribution is -2.39. The summed E-state index contributed by atoms with van der Waals surface area (Å²) in [5.74, 6) is 0.712. The molecule has 2 heterocycles. The fourth-order valence-corrected chi connectivity index (χ4v) is 4.44. The van der Waals surface area contributed by atoms with E-state index in [-0.39, 0.29) is 22.9 Å². The molecule has 1 N–H and O–H groups in total. The Labute approximate surface area is 200 Å². The normalized spacial score (nSPS) is 12.2. The van der Waals surface area contributed by atoms with Crippen molar-refractivity contribution < 1.29 is 9.53 Å². The Kier molecular flexibility index (Phi) is 7.48. The average Bonchev–Trinajstić information content (AvgIpc) is 2.74. The molecule has 0 aliphatic rings. The molecule has 2 aromatic heterocycles. The molecular formula is C22H26ClN5O4S. The molecular weight excluding hydrogens is 466 g/mol. The van der Waals surface area contributed by atoms with E-state index < -0.39 is 16.5 Å². The number of halogens is 1. The summed E-state index contributed by atoms with van der Waals surface area (Å²) >= 11 is 7.17. The van der Waals surface area contributed by atoms with Crippen LogP contribution in [0.2, 0.25) is 5.02 Å². The van der Waals surface area contributed by atoms with Crippen molar-refractivity contribution in [1.29, 1.82) is 0 Å². The van der Waals surface area contributed by atoms with E-state index in [9.17, 15) is 14.4 Å². The SMILES string of the molecule is COc1ccc(Cl)cc1NC(=O)C(C)Sc1nc(C)nc2c1c(=O)n(C)c(=O)n2CC(C)C. The second-order valence-corrected chi connectivity index (χ2v) is 9.79. The topological polar surface area (TPSA) is 108 Å². The summed E-state index contributed by atoms with van der Waals surface area (Å²) in [6.45, 7) is 7.74. The quantitative estimate of drug-likeness (QED) is 0.399. The van der Waals surface area contributed by atoms with E-state index in [2.05, 4.69) is 15.3 Å². The van der Waals surface area contributed by atoms with Crippen molar-refractivity contribution in [2.24, 2.45) is 13.0 Å². The zero-order valence-electron chi connectivity index (χ0n) is 19.3. The summed E-state index contributed by atoms with van der Waals surface area (Å²) in [7, 11) is 2.93. The number of hydrogen-bond acceptors (Lipinski definition) is 7. The zero-order chi connectivity index (χ0) is 24.4. The first kappa shape index (κ1) is 24.8. The third kappa shape index (κ3) is 5.22. The van der Waals surface area contributed by atoms with E-state index in [1.54, 1.807) is 32.0 Å². The molecule has 1 atom stereocenters. The highest BCUT2D eigenvalue weighted by Crippen LogP contribution is 2.30. The van der Waals surface area contributed by atoms with Crippen molar-refractivity contribution >= 4 is 46.0 Å². The van der Waals surface area contributed by atoms with Gasteiger partial charge in [0.15, 0.2) is 5.65 Å². The largest absolute Gasteiger partial charge is 0.495 e. The number of hydrogen-bond donors (Lipinski definition) is 1. The van der Waals surface area contributed by atoms with Crippen LogP contribution in [0.15, 0.2) is 32.8 Å². The van der Waals surface area contributed by atoms with Gasteiger partial charge in [0, 0.05) is 18.6 Å². The maximum atomic E-state index is 13.0. The molecule has 3 aromatic rings. The van der Waals surface area contributed by atoms with Gasteiger partial charge in [-0.05, 0) is 38.0 Å². The second-order valence-electron chi connectivity index (χ2n) is 8.02. The first-order chi connectivity index (χ1) is 15.5. The third-order valence-corrected chi connectivity index (χ3v) is 6.21. The van der Waals surface area contributed by atoms with Gasteiger partial charge in [-0.2, -0.15) is 0 Å². The average molecular weight is 492 g/mol. The number of carbonyl (C=O) groups is 1. The van der Waals surface area contributed by atoms with Gasteiger partial charge in [-0.3, -0.25) is 18.7 Å². The van der Waals surface area contributed by atoms with E-state index in [1.807, 2.05) is 13.8 Å². The number of amides is 1. The molecule has 0 spiro atoms. The summed E-state index contributed by atoms with van der Waals surface area (Å²) in [4.78, 5) is 47.5. The van der Waals surface area contributed by atoms with E-state index in [4.69, 9.17) is 16.3 Å². The van der Waals surface area contributed by atoms with Crippen molar-refractivity contribution in [3.63, 3.8) is 0 Å². The van der Waals surface area contributed by atoms with E-state index in [1.165, 1.54) is 18.7 Å². The Morgan fingerprint density at radius 3 is 2.58 bits per heavy atom. The van der Waals surface area contributed by atoms with Gasteiger partial charge in [-0.25, -0.2) is 14.8 Å². The summed E-state index contributed by atoms with van der Waals surface area (Å²) in [5.41, 5.74) is -0.223. The van der Waals surface area contributed by atoms with Gasteiger partial charge in [0.05, 0.1) is 18.0 Å². The van der Waals surface area contributed by atoms with E-state index in [0.29, 0.717) is 33.9 Å². The monoisotopic (exact) mass is 491 g/mol. The number of rotatable bonds is 7.